The summed E-state index contributed by atoms with van der Waals surface area (Å²) in [6, 6.07) is 4.95. The molecule has 2 aromatic rings. The minimum absolute atomic E-state index is 0.290. The third-order valence-electron chi connectivity index (χ3n) is 2.50. The Labute approximate surface area is 116 Å². The minimum atomic E-state index is -0.290. The summed E-state index contributed by atoms with van der Waals surface area (Å²) in [5.74, 6) is 0.0195. The Morgan fingerprint density at radius 2 is 2.00 bits per heavy atom. The van der Waals surface area contributed by atoms with Crippen LogP contribution in [0.3, 0.4) is 0 Å². The lowest BCUT2D eigenvalue weighted by atomic mass is 10.1. The van der Waals surface area contributed by atoms with Crippen molar-refractivity contribution in [2.45, 2.75) is 19.8 Å². The van der Waals surface area contributed by atoms with Crippen molar-refractivity contribution in [1.82, 2.24) is 10.2 Å². The van der Waals surface area contributed by atoms with Gasteiger partial charge in [0.05, 0.1) is 10.2 Å². The van der Waals surface area contributed by atoms with Gasteiger partial charge in [-0.1, -0.05) is 29.8 Å². The van der Waals surface area contributed by atoms with Crippen molar-refractivity contribution >= 4 is 31.9 Å². The van der Waals surface area contributed by atoms with E-state index in [1.54, 1.807) is 12.1 Å². The largest absolute Gasteiger partial charge is 0.280 e. The molecule has 1 heterocycles. The van der Waals surface area contributed by atoms with E-state index >= 15 is 0 Å². The first-order chi connectivity index (χ1) is 8.00. The van der Waals surface area contributed by atoms with Crippen molar-refractivity contribution in [2.24, 2.45) is 0 Å². The average molecular weight is 362 g/mol. The maximum Gasteiger partial charge on any atom is 0.133 e. The fraction of sp³-hybridized carbons (Fsp3) is 0.250. The molecule has 0 spiro atoms. The van der Waals surface area contributed by atoms with E-state index in [4.69, 9.17) is 0 Å². The first-order valence-corrected chi connectivity index (χ1v) is 6.78. The van der Waals surface area contributed by atoms with E-state index in [1.807, 2.05) is 0 Å². The van der Waals surface area contributed by atoms with E-state index in [2.05, 4.69) is 55.9 Å². The Bertz CT molecular complexity index is 549. The number of halogens is 3. The summed E-state index contributed by atoms with van der Waals surface area (Å²) in [5.41, 5.74) is 2.07. The standard InChI is InChI=1S/C12H11Br2FN2/c1-6(2)11-10(14)12(17-16-11)8-4-3-7(13)5-9(8)15/h3-6H,1-2H3,(H,16,17). The lowest BCUT2D eigenvalue weighted by Crippen LogP contribution is -1.88. The molecule has 90 valence electrons. The van der Waals surface area contributed by atoms with Crippen LogP contribution >= 0.6 is 31.9 Å². The SMILES string of the molecule is CC(C)c1[nH]nc(-c2ccc(Br)cc2F)c1Br. The maximum atomic E-state index is 13.8. The van der Waals surface area contributed by atoms with Crippen molar-refractivity contribution in [3.8, 4) is 11.3 Å². The van der Waals surface area contributed by atoms with Gasteiger partial charge in [0.25, 0.3) is 0 Å². The first-order valence-electron chi connectivity index (χ1n) is 5.20. The highest BCUT2D eigenvalue weighted by Gasteiger charge is 2.17. The molecule has 0 bridgehead atoms. The Kier molecular flexibility index (Phi) is 3.68. The minimum Gasteiger partial charge on any atom is -0.280 e. The van der Waals surface area contributed by atoms with Crippen LogP contribution in [0.4, 0.5) is 4.39 Å². The second kappa shape index (κ2) is 4.90. The van der Waals surface area contributed by atoms with Crippen LogP contribution in [-0.2, 0) is 0 Å². The van der Waals surface area contributed by atoms with E-state index in [0.29, 0.717) is 17.2 Å². The quantitative estimate of drug-likeness (QED) is 0.812. The number of nitrogens with zero attached hydrogens (tertiary/aromatic N) is 1. The summed E-state index contributed by atoms with van der Waals surface area (Å²) in [4.78, 5) is 0. The van der Waals surface area contributed by atoms with Crippen molar-refractivity contribution < 1.29 is 4.39 Å². The summed E-state index contributed by atoms with van der Waals surface area (Å²) < 4.78 is 15.4. The zero-order valence-electron chi connectivity index (χ0n) is 9.39. The second-order valence-electron chi connectivity index (χ2n) is 4.08. The van der Waals surface area contributed by atoms with Gasteiger partial charge in [0.1, 0.15) is 11.5 Å². The highest BCUT2D eigenvalue weighted by molar-refractivity contribution is 9.10. The molecule has 0 aliphatic rings. The summed E-state index contributed by atoms with van der Waals surface area (Å²) in [7, 11) is 0. The van der Waals surface area contributed by atoms with Crippen molar-refractivity contribution in [3.05, 3.63) is 38.7 Å². The maximum absolute atomic E-state index is 13.8. The van der Waals surface area contributed by atoms with Crippen LogP contribution in [0.5, 0.6) is 0 Å². The zero-order chi connectivity index (χ0) is 12.6. The molecule has 0 fully saturated rings. The van der Waals surface area contributed by atoms with Crippen LogP contribution in [0.1, 0.15) is 25.5 Å². The molecule has 0 unspecified atom stereocenters. The van der Waals surface area contributed by atoms with Crippen LogP contribution < -0.4 is 0 Å². The van der Waals surface area contributed by atoms with Crippen molar-refractivity contribution in [2.75, 3.05) is 0 Å². The fourth-order valence-corrected chi connectivity index (χ4v) is 2.77. The molecular formula is C12H11Br2FN2. The second-order valence-corrected chi connectivity index (χ2v) is 5.79. The van der Waals surface area contributed by atoms with Crippen LogP contribution in [-0.4, -0.2) is 10.2 Å². The van der Waals surface area contributed by atoms with Gasteiger partial charge in [0.2, 0.25) is 0 Å². The number of benzene rings is 1. The van der Waals surface area contributed by atoms with Crippen LogP contribution in [0.25, 0.3) is 11.3 Å². The summed E-state index contributed by atoms with van der Waals surface area (Å²) in [6.45, 7) is 4.11. The molecule has 0 saturated heterocycles. The number of hydrogen-bond donors (Lipinski definition) is 1. The van der Waals surface area contributed by atoms with E-state index in [-0.39, 0.29) is 5.82 Å². The normalized spacial score (nSPS) is 11.2. The Balaban J connectivity index is 2.54. The lowest BCUT2D eigenvalue weighted by Gasteiger charge is -2.03. The predicted molar refractivity (Wildman–Crippen MR) is 73.5 cm³/mol. The van der Waals surface area contributed by atoms with Gasteiger partial charge < -0.3 is 0 Å². The van der Waals surface area contributed by atoms with Gasteiger partial charge in [0.15, 0.2) is 0 Å². The van der Waals surface area contributed by atoms with Gasteiger partial charge in [0, 0.05) is 10.0 Å². The molecule has 1 N–H and O–H groups in total. The topological polar surface area (TPSA) is 28.7 Å². The van der Waals surface area contributed by atoms with Crippen molar-refractivity contribution in [1.29, 1.82) is 0 Å². The molecule has 5 heteroatoms. The number of aromatic amines is 1. The summed E-state index contributed by atoms with van der Waals surface area (Å²) in [5, 5.41) is 7.11. The highest BCUT2D eigenvalue weighted by Crippen LogP contribution is 2.34. The molecule has 2 nitrogen and oxygen atoms in total. The molecule has 0 radical (unpaired) electrons. The smallest absolute Gasteiger partial charge is 0.133 e. The molecule has 2 rings (SSSR count). The first kappa shape index (κ1) is 12.8. The third kappa shape index (κ3) is 2.45. The van der Waals surface area contributed by atoms with Crippen LogP contribution in [0, 0.1) is 5.82 Å². The van der Waals surface area contributed by atoms with Gasteiger partial charge in [-0.15, -0.1) is 0 Å². The van der Waals surface area contributed by atoms with E-state index in [9.17, 15) is 4.39 Å². The number of H-pyrrole nitrogens is 1. The number of hydrogen-bond acceptors (Lipinski definition) is 1. The monoisotopic (exact) mass is 360 g/mol. The number of aromatic nitrogens is 2. The molecular weight excluding hydrogens is 351 g/mol. The number of rotatable bonds is 2. The molecule has 0 aliphatic carbocycles. The van der Waals surface area contributed by atoms with Gasteiger partial charge in [-0.25, -0.2) is 4.39 Å². The predicted octanol–water partition coefficient (Wildman–Crippen LogP) is 4.86. The molecule has 0 atom stereocenters. The van der Waals surface area contributed by atoms with Gasteiger partial charge in [-0.3, -0.25) is 5.10 Å². The molecule has 1 aromatic heterocycles. The van der Waals surface area contributed by atoms with Crippen LogP contribution in [0.15, 0.2) is 27.1 Å². The molecule has 0 amide bonds. The van der Waals surface area contributed by atoms with Gasteiger partial charge >= 0.3 is 0 Å². The number of nitrogens with one attached hydrogen (secondary N) is 1. The Morgan fingerprint density at radius 3 is 2.53 bits per heavy atom. The lowest BCUT2D eigenvalue weighted by molar-refractivity contribution is 0.629. The molecule has 1 aromatic carbocycles. The summed E-state index contributed by atoms with van der Waals surface area (Å²) in [6.07, 6.45) is 0. The van der Waals surface area contributed by atoms with Crippen molar-refractivity contribution in [3.63, 3.8) is 0 Å². The fourth-order valence-electron chi connectivity index (χ4n) is 1.58. The van der Waals surface area contributed by atoms with Gasteiger partial charge in [-0.05, 0) is 40.0 Å². The molecule has 17 heavy (non-hydrogen) atoms. The Hall–Kier alpha value is -0.680. The average Bonchev–Trinajstić information content (AvgIpc) is 2.60. The summed E-state index contributed by atoms with van der Waals surface area (Å²) >= 11 is 6.70. The zero-order valence-corrected chi connectivity index (χ0v) is 12.6. The van der Waals surface area contributed by atoms with E-state index in [0.717, 1.165) is 14.6 Å². The van der Waals surface area contributed by atoms with Crippen LogP contribution in [0.2, 0.25) is 0 Å². The molecule has 0 aliphatic heterocycles. The highest BCUT2D eigenvalue weighted by atomic mass is 79.9. The Morgan fingerprint density at radius 1 is 1.29 bits per heavy atom. The van der Waals surface area contributed by atoms with E-state index in [1.165, 1.54) is 6.07 Å². The third-order valence-corrected chi connectivity index (χ3v) is 3.79. The van der Waals surface area contributed by atoms with Gasteiger partial charge in [-0.2, -0.15) is 5.10 Å². The van der Waals surface area contributed by atoms with E-state index < -0.39 is 0 Å². The molecule has 0 saturated carbocycles.